The minimum Gasteiger partial charge on any atom is -0.505 e. The molecule has 0 bridgehead atoms. The lowest BCUT2D eigenvalue weighted by molar-refractivity contribution is -0.138. The van der Waals surface area contributed by atoms with Crippen molar-refractivity contribution in [3.63, 3.8) is 0 Å². The molecule has 2 amide bonds. The van der Waals surface area contributed by atoms with Crippen LogP contribution in [0.4, 0.5) is 4.39 Å². The van der Waals surface area contributed by atoms with E-state index in [1.165, 1.54) is 25.3 Å². The Hall–Kier alpha value is -2.87. The number of amides is 2. The van der Waals surface area contributed by atoms with Gasteiger partial charge in [-0.25, -0.2) is 4.39 Å². The van der Waals surface area contributed by atoms with E-state index in [0.29, 0.717) is 12.0 Å². The molecule has 6 nitrogen and oxygen atoms in total. The van der Waals surface area contributed by atoms with Crippen LogP contribution in [0.5, 0.6) is 5.75 Å². The topological polar surface area (TPSA) is 91.8 Å². The number of phenols is 1. The molecule has 3 aliphatic carbocycles. The maximum atomic E-state index is 14.2. The summed E-state index contributed by atoms with van der Waals surface area (Å²) in [7, 11) is 1.45. The van der Waals surface area contributed by atoms with E-state index in [0.717, 1.165) is 11.0 Å². The van der Waals surface area contributed by atoms with Crippen molar-refractivity contribution in [2.24, 2.45) is 17.8 Å². The average molecular weight is 486 g/mol. The maximum Gasteiger partial charge on any atom is 0.233 e. The summed E-state index contributed by atoms with van der Waals surface area (Å²) < 4.78 is 14.4. The molecule has 1 fully saturated rings. The van der Waals surface area contributed by atoms with E-state index in [-0.39, 0.29) is 45.2 Å². The van der Waals surface area contributed by atoms with E-state index < -0.39 is 41.0 Å². The first-order valence-electron chi connectivity index (χ1n) is 9.90. The van der Waals surface area contributed by atoms with Gasteiger partial charge in [0.05, 0.1) is 16.3 Å². The molecule has 1 aromatic rings. The van der Waals surface area contributed by atoms with Crippen LogP contribution in [-0.4, -0.2) is 40.4 Å². The van der Waals surface area contributed by atoms with Crippen molar-refractivity contribution < 1.29 is 28.7 Å². The Morgan fingerprint density at radius 3 is 2.61 bits per heavy atom. The van der Waals surface area contributed by atoms with Crippen LogP contribution in [-0.2, 0) is 19.2 Å². The summed E-state index contributed by atoms with van der Waals surface area (Å²) in [6.45, 7) is 0. The minimum absolute atomic E-state index is 0.115. The number of imide groups is 1. The predicted octanol–water partition coefficient (Wildman–Crippen LogP) is 2.92. The van der Waals surface area contributed by atoms with Crippen LogP contribution >= 0.6 is 15.9 Å². The fourth-order valence-electron chi connectivity index (χ4n) is 5.48. The van der Waals surface area contributed by atoms with Gasteiger partial charge < -0.3 is 5.11 Å². The average Bonchev–Trinajstić information content (AvgIpc) is 2.97. The summed E-state index contributed by atoms with van der Waals surface area (Å²) in [4.78, 5) is 52.6. The van der Waals surface area contributed by atoms with Gasteiger partial charge in [-0.1, -0.05) is 23.8 Å². The monoisotopic (exact) mass is 485 g/mol. The maximum absolute atomic E-state index is 14.2. The van der Waals surface area contributed by atoms with Gasteiger partial charge in [0.25, 0.3) is 0 Å². The Morgan fingerprint density at radius 1 is 1.13 bits per heavy atom. The highest BCUT2D eigenvalue weighted by Gasteiger charge is 2.55. The zero-order chi connectivity index (χ0) is 22.2. The van der Waals surface area contributed by atoms with Crippen molar-refractivity contribution in [3.05, 3.63) is 62.9 Å². The Morgan fingerprint density at radius 2 is 1.87 bits per heavy atom. The molecule has 0 saturated carbocycles. The van der Waals surface area contributed by atoms with Crippen molar-refractivity contribution in [1.29, 1.82) is 0 Å². The molecule has 1 heterocycles. The van der Waals surface area contributed by atoms with Gasteiger partial charge >= 0.3 is 0 Å². The Kier molecular flexibility index (Phi) is 4.41. The highest BCUT2D eigenvalue weighted by molar-refractivity contribution is 9.12. The third-order valence-corrected chi connectivity index (χ3v) is 7.47. The molecule has 0 spiro atoms. The zero-order valence-electron chi connectivity index (χ0n) is 16.4. The summed E-state index contributed by atoms with van der Waals surface area (Å²) in [5.74, 6) is -5.33. The van der Waals surface area contributed by atoms with Gasteiger partial charge in [-0.15, -0.1) is 0 Å². The molecular weight excluding hydrogens is 469 g/mol. The second-order valence-electron chi connectivity index (χ2n) is 8.31. The number of phenolic OH excluding ortho intramolecular Hbond substituents is 1. The van der Waals surface area contributed by atoms with E-state index in [1.807, 2.05) is 6.08 Å². The number of carbonyl (C=O) groups excluding carboxylic acids is 4. The first kappa shape index (κ1) is 20.1. The molecule has 1 N–H and O–H groups in total. The van der Waals surface area contributed by atoms with Crippen LogP contribution in [0.15, 0.2) is 51.6 Å². The Bertz CT molecular complexity index is 1200. The first-order valence-corrected chi connectivity index (χ1v) is 10.7. The molecule has 8 heteroatoms. The molecule has 31 heavy (non-hydrogen) atoms. The van der Waals surface area contributed by atoms with Gasteiger partial charge in [0.15, 0.2) is 23.1 Å². The minimum atomic E-state index is -0.868. The number of ketones is 2. The van der Waals surface area contributed by atoms with Crippen LogP contribution in [0, 0.1) is 23.6 Å². The number of nitrogens with zero attached hydrogens (tertiary/aromatic N) is 1. The quantitative estimate of drug-likeness (QED) is 0.375. The highest BCUT2D eigenvalue weighted by atomic mass is 79.9. The number of para-hydroxylation sites is 1. The number of benzene rings is 1. The summed E-state index contributed by atoms with van der Waals surface area (Å²) in [5, 5.41) is 10.5. The van der Waals surface area contributed by atoms with Crippen LogP contribution < -0.4 is 0 Å². The SMILES string of the molecule is CN1C(=O)[C@H]2[C@H](CC=C3[C@H](c4cccc(F)c4O)C4=C(C[C@H]32)C(=O)C(Br)=CC4=O)C1=O. The molecule has 158 valence electrons. The van der Waals surface area contributed by atoms with E-state index in [2.05, 4.69) is 15.9 Å². The third-order valence-electron chi connectivity index (χ3n) is 6.88. The fourth-order valence-corrected chi connectivity index (χ4v) is 5.93. The zero-order valence-corrected chi connectivity index (χ0v) is 18.0. The van der Waals surface area contributed by atoms with Gasteiger partial charge in [-0.05, 0) is 40.8 Å². The van der Waals surface area contributed by atoms with Gasteiger partial charge in [-0.3, -0.25) is 24.1 Å². The molecule has 5 rings (SSSR count). The molecule has 1 aromatic carbocycles. The normalized spacial score (nSPS) is 30.1. The Labute approximate surface area is 185 Å². The lowest BCUT2D eigenvalue weighted by atomic mass is 9.59. The van der Waals surface area contributed by atoms with Crippen molar-refractivity contribution in [1.82, 2.24) is 4.90 Å². The number of aromatic hydroxyl groups is 1. The van der Waals surface area contributed by atoms with Crippen molar-refractivity contribution >= 4 is 39.3 Å². The van der Waals surface area contributed by atoms with Gasteiger partial charge in [0, 0.05) is 35.8 Å². The first-order chi connectivity index (χ1) is 14.7. The van der Waals surface area contributed by atoms with E-state index in [1.54, 1.807) is 0 Å². The summed E-state index contributed by atoms with van der Waals surface area (Å²) in [5.41, 5.74) is 1.27. The van der Waals surface area contributed by atoms with Gasteiger partial charge in [0.1, 0.15) is 0 Å². The number of allylic oxidation sites excluding steroid dienone is 6. The fraction of sp³-hybridized carbons (Fsp3) is 0.304. The molecule has 4 aliphatic rings. The molecule has 0 unspecified atom stereocenters. The van der Waals surface area contributed by atoms with Crippen LogP contribution in [0.2, 0.25) is 0 Å². The number of fused-ring (bicyclic) bond motifs is 3. The standard InChI is InChI=1S/C23H17BrFNO5/c1-26-22(30)11-6-5-9-12(18(11)23(26)31)7-13-19(16(27)8-14(24)20(13)28)17(9)10-3-2-4-15(25)21(10)29/h2-5,8,11-12,17-18,29H,6-7H2,1H3/t11-,12+,17+,18-/m0/s1. The van der Waals surface area contributed by atoms with Gasteiger partial charge in [-0.2, -0.15) is 0 Å². The van der Waals surface area contributed by atoms with Gasteiger partial charge in [0.2, 0.25) is 11.8 Å². The molecule has 4 atom stereocenters. The number of Topliss-reactive ketones (excluding diaryl/α,β-unsaturated/α-hetero) is 1. The molecule has 1 saturated heterocycles. The summed E-state index contributed by atoms with van der Waals surface area (Å²) in [6.07, 6.45) is 3.45. The van der Waals surface area contributed by atoms with E-state index in [9.17, 15) is 28.7 Å². The van der Waals surface area contributed by atoms with Crippen LogP contribution in [0.25, 0.3) is 0 Å². The molecule has 0 radical (unpaired) electrons. The summed E-state index contributed by atoms with van der Waals surface area (Å²) >= 11 is 3.14. The van der Waals surface area contributed by atoms with Crippen LogP contribution in [0.1, 0.15) is 24.3 Å². The molecular formula is C23H17BrFNO5. The largest absolute Gasteiger partial charge is 0.505 e. The second kappa shape index (κ2) is 6.82. The molecule has 0 aromatic heterocycles. The van der Waals surface area contributed by atoms with Crippen molar-refractivity contribution in [2.45, 2.75) is 18.8 Å². The molecule has 1 aliphatic heterocycles. The smallest absolute Gasteiger partial charge is 0.233 e. The third kappa shape index (κ3) is 2.67. The lowest BCUT2D eigenvalue weighted by Gasteiger charge is -2.42. The number of halogens is 2. The van der Waals surface area contributed by atoms with Crippen LogP contribution in [0.3, 0.4) is 0 Å². The summed E-state index contributed by atoms with van der Waals surface area (Å²) in [6, 6.07) is 4.05. The second-order valence-corrected chi connectivity index (χ2v) is 9.16. The van der Waals surface area contributed by atoms with Crippen molar-refractivity contribution in [2.75, 3.05) is 7.05 Å². The van der Waals surface area contributed by atoms with E-state index >= 15 is 0 Å². The number of hydrogen-bond acceptors (Lipinski definition) is 5. The van der Waals surface area contributed by atoms with E-state index in [4.69, 9.17) is 0 Å². The number of likely N-dealkylation sites (tertiary alicyclic amines) is 1. The number of carbonyl (C=O) groups is 4. The number of rotatable bonds is 1. The number of hydrogen-bond donors (Lipinski definition) is 1. The predicted molar refractivity (Wildman–Crippen MR) is 110 cm³/mol. The van der Waals surface area contributed by atoms with Crippen molar-refractivity contribution in [3.8, 4) is 5.75 Å². The highest BCUT2D eigenvalue weighted by Crippen LogP contribution is 2.56. The Balaban J connectivity index is 1.75. The lowest BCUT2D eigenvalue weighted by Crippen LogP contribution is -2.39.